The fourth-order valence-corrected chi connectivity index (χ4v) is 9.51. The number of hydrogen-bond acceptors (Lipinski definition) is 16. The number of nitrogens with zero attached hydrogens (tertiary/aromatic N) is 1. The number of rotatable bonds is 10. The molecule has 0 aliphatic carbocycles. The molecule has 328 valence electrons. The number of esters is 1. The van der Waals surface area contributed by atoms with Gasteiger partial charge in [-0.15, -0.1) is 0 Å². The molecule has 0 bridgehead atoms. The van der Waals surface area contributed by atoms with Gasteiger partial charge in [0.05, 0.1) is 42.0 Å². The Bertz CT molecular complexity index is 1430. The number of methoxy groups -OCH3 is 2. The maximum Gasteiger partial charge on any atom is 0.397 e. The lowest BCUT2D eigenvalue weighted by atomic mass is 9.74. The van der Waals surface area contributed by atoms with Gasteiger partial charge >= 0.3 is 16.4 Å². The summed E-state index contributed by atoms with van der Waals surface area (Å²) >= 11 is 0. The van der Waals surface area contributed by atoms with Crippen molar-refractivity contribution < 1.29 is 75.2 Å². The first kappa shape index (κ1) is 49.0. The molecule has 56 heavy (non-hydrogen) atoms. The lowest BCUT2D eigenvalue weighted by Crippen LogP contribution is -2.61. The van der Waals surface area contributed by atoms with Crippen molar-refractivity contribution in [1.82, 2.24) is 4.90 Å². The Morgan fingerprint density at radius 2 is 1.45 bits per heavy atom. The standard InChI is InChI=1S/C38H69NO16S/c1-15-26-38(10,44)31(42)21(4)28(40)19(2)17-36(8,48-13)32(54-35-29(41)25(39(11)12)16-20(3)50-35)22(5)30(23(6)34(43)52-26)53-27-18-37(9,49-14)33(24(7)51-27)55-56(45,46)47/h19-27,29-33,35,41-42,44H,15-18H2,1-14H3,(H,45,46,47)/t19-,20-,21+,22+,23-,24+,25+,26-,27+,29-,30+,31-,32-,33+,35+,36-,37-,38-/m1/s1. The predicted molar refractivity (Wildman–Crippen MR) is 201 cm³/mol. The summed E-state index contributed by atoms with van der Waals surface area (Å²) in [5, 5.41) is 34.7. The number of ether oxygens (including phenoxy) is 7. The first-order valence-corrected chi connectivity index (χ1v) is 20.9. The van der Waals surface area contributed by atoms with E-state index in [4.69, 9.17) is 37.3 Å². The number of ketones is 1. The van der Waals surface area contributed by atoms with Crippen LogP contribution in [0.5, 0.6) is 0 Å². The smallest absolute Gasteiger partial charge is 0.397 e. The van der Waals surface area contributed by atoms with E-state index in [1.807, 2.05) is 25.9 Å². The summed E-state index contributed by atoms with van der Waals surface area (Å²) in [7, 11) is 1.58. The van der Waals surface area contributed by atoms with Gasteiger partial charge in [-0.3, -0.25) is 14.1 Å². The monoisotopic (exact) mass is 827 g/mol. The molecule has 0 radical (unpaired) electrons. The van der Waals surface area contributed by atoms with E-state index in [9.17, 15) is 37.9 Å². The molecule has 0 aromatic rings. The van der Waals surface area contributed by atoms with Crippen molar-refractivity contribution in [2.24, 2.45) is 23.7 Å². The molecule has 0 amide bonds. The van der Waals surface area contributed by atoms with Gasteiger partial charge in [0.25, 0.3) is 0 Å². The minimum absolute atomic E-state index is 0.0438. The minimum atomic E-state index is -4.91. The molecule has 0 spiro atoms. The van der Waals surface area contributed by atoms with Crippen LogP contribution in [0.15, 0.2) is 0 Å². The van der Waals surface area contributed by atoms with Crippen LogP contribution in [0.4, 0.5) is 0 Å². The average Bonchev–Trinajstić information content (AvgIpc) is 3.11. The number of likely N-dealkylation sites (N-methyl/N-ethyl adjacent to an activating group) is 1. The van der Waals surface area contributed by atoms with E-state index >= 15 is 0 Å². The maximum atomic E-state index is 14.3. The van der Waals surface area contributed by atoms with Gasteiger partial charge < -0.3 is 53.4 Å². The van der Waals surface area contributed by atoms with E-state index in [0.29, 0.717) is 6.42 Å². The molecular weight excluding hydrogens is 758 g/mol. The predicted octanol–water partition coefficient (Wildman–Crippen LogP) is 2.27. The van der Waals surface area contributed by atoms with Crippen LogP contribution in [-0.4, -0.2) is 158 Å². The van der Waals surface area contributed by atoms with Gasteiger partial charge in [0.1, 0.15) is 35.3 Å². The highest BCUT2D eigenvalue weighted by Crippen LogP contribution is 2.42. The Kier molecular flexibility index (Phi) is 16.5. The number of aliphatic hydroxyl groups excluding tert-OH is 2. The van der Waals surface area contributed by atoms with Crippen LogP contribution in [-0.2, 0) is 57.3 Å². The number of carbonyl (C=O) groups is 2. The van der Waals surface area contributed by atoms with Crippen molar-refractivity contribution in [3.63, 3.8) is 0 Å². The second-order valence-corrected chi connectivity index (χ2v) is 18.2. The summed E-state index contributed by atoms with van der Waals surface area (Å²) < 4.78 is 81.9. The van der Waals surface area contributed by atoms with E-state index in [1.54, 1.807) is 41.5 Å². The quantitative estimate of drug-likeness (QED) is 0.183. The Labute approximate surface area is 332 Å². The lowest BCUT2D eigenvalue weighted by Gasteiger charge is -2.50. The number of aliphatic hydroxyl groups is 3. The molecule has 0 saturated carbocycles. The van der Waals surface area contributed by atoms with E-state index < -0.39 is 112 Å². The topological polar surface area (TPSA) is 226 Å². The van der Waals surface area contributed by atoms with Crippen LogP contribution in [0.3, 0.4) is 0 Å². The zero-order chi connectivity index (χ0) is 42.9. The lowest BCUT2D eigenvalue weighted by molar-refractivity contribution is -0.318. The molecule has 0 unspecified atom stereocenters. The Hall–Kier alpha value is -1.39. The van der Waals surface area contributed by atoms with Crippen molar-refractivity contribution in [2.75, 3.05) is 28.3 Å². The molecule has 3 rings (SSSR count). The first-order valence-electron chi connectivity index (χ1n) is 19.5. The normalized spacial score (nSPS) is 46.7. The number of Topliss-reactive ketones (excluding diaryl/α,β-unsaturated/α-hetero) is 1. The van der Waals surface area contributed by atoms with Crippen molar-refractivity contribution in [3.8, 4) is 0 Å². The Morgan fingerprint density at radius 3 is 1.96 bits per heavy atom. The summed E-state index contributed by atoms with van der Waals surface area (Å²) in [5.41, 5.74) is -4.74. The summed E-state index contributed by atoms with van der Waals surface area (Å²) in [6.45, 7) is 16.3. The van der Waals surface area contributed by atoms with Crippen molar-refractivity contribution in [2.45, 2.75) is 179 Å². The fraction of sp³-hybridized carbons (Fsp3) is 0.947. The maximum absolute atomic E-state index is 14.3. The van der Waals surface area contributed by atoms with Gasteiger partial charge in [-0.2, -0.15) is 8.42 Å². The summed E-state index contributed by atoms with van der Waals surface area (Å²) in [6.07, 6.45) is -10.6. The molecule has 3 aliphatic rings. The summed E-state index contributed by atoms with van der Waals surface area (Å²) in [5.74, 6) is -4.94. The third kappa shape index (κ3) is 10.9. The van der Waals surface area contributed by atoms with Crippen molar-refractivity contribution in [1.29, 1.82) is 0 Å². The summed E-state index contributed by atoms with van der Waals surface area (Å²) in [4.78, 5) is 30.2. The highest BCUT2D eigenvalue weighted by atomic mass is 32.3. The molecule has 3 saturated heterocycles. The molecule has 4 N–H and O–H groups in total. The zero-order valence-corrected chi connectivity index (χ0v) is 36.3. The van der Waals surface area contributed by atoms with Gasteiger partial charge in [0, 0.05) is 44.4 Å². The third-order valence-electron chi connectivity index (χ3n) is 12.5. The van der Waals surface area contributed by atoms with Crippen LogP contribution >= 0.6 is 0 Å². The van der Waals surface area contributed by atoms with E-state index in [-0.39, 0.29) is 37.2 Å². The third-order valence-corrected chi connectivity index (χ3v) is 12.9. The fourth-order valence-electron chi connectivity index (χ4n) is 8.88. The molecular formula is C38H69NO16S. The van der Waals surface area contributed by atoms with Crippen LogP contribution in [0.2, 0.25) is 0 Å². The largest absolute Gasteiger partial charge is 0.459 e. The molecule has 18 heteroatoms. The van der Waals surface area contributed by atoms with E-state index in [2.05, 4.69) is 0 Å². The highest BCUT2D eigenvalue weighted by molar-refractivity contribution is 7.80. The molecule has 3 heterocycles. The van der Waals surface area contributed by atoms with Crippen LogP contribution < -0.4 is 0 Å². The van der Waals surface area contributed by atoms with Gasteiger partial charge in [-0.05, 0) is 74.9 Å². The summed E-state index contributed by atoms with van der Waals surface area (Å²) in [6, 6.07) is -0.337. The molecule has 17 nitrogen and oxygen atoms in total. The number of hydrogen-bond donors (Lipinski definition) is 4. The van der Waals surface area contributed by atoms with Gasteiger partial charge in [-0.25, -0.2) is 4.18 Å². The average molecular weight is 828 g/mol. The van der Waals surface area contributed by atoms with E-state index in [0.717, 1.165) is 0 Å². The number of carbonyl (C=O) groups excluding carboxylic acids is 2. The minimum Gasteiger partial charge on any atom is -0.459 e. The first-order chi connectivity index (χ1) is 25.7. The molecule has 3 fully saturated rings. The van der Waals surface area contributed by atoms with Crippen molar-refractivity contribution in [3.05, 3.63) is 0 Å². The number of cyclic esters (lactones) is 1. The van der Waals surface area contributed by atoms with E-state index in [1.165, 1.54) is 35.0 Å². The van der Waals surface area contributed by atoms with Gasteiger partial charge in [-0.1, -0.05) is 27.7 Å². The van der Waals surface area contributed by atoms with Crippen LogP contribution in [0, 0.1) is 23.7 Å². The molecule has 3 aliphatic heterocycles. The SMILES string of the molecule is CC[C@H]1OC(=O)[C@H](C)[C@@H](O[C@H]2C[C@@](C)(OC)[C@@H](OS(=O)(=O)O)[C@H](C)O2)[C@H](C)[C@@H](O[C@@H]2O[C@H](C)C[C@H](N(C)C)[C@H]2O)[C@](C)(OC)C[C@@H](C)C(=O)[C@H](C)[C@@H](O)[C@]1(C)O. The van der Waals surface area contributed by atoms with Gasteiger partial charge in [0.2, 0.25) is 0 Å². The molecule has 0 aromatic heterocycles. The zero-order valence-electron chi connectivity index (χ0n) is 35.5. The molecule has 0 aromatic carbocycles. The van der Waals surface area contributed by atoms with Crippen LogP contribution in [0.25, 0.3) is 0 Å². The van der Waals surface area contributed by atoms with Crippen LogP contribution in [0.1, 0.15) is 94.9 Å². The van der Waals surface area contributed by atoms with Crippen molar-refractivity contribution >= 4 is 22.2 Å². The second-order valence-electron chi connectivity index (χ2n) is 17.1. The highest BCUT2D eigenvalue weighted by Gasteiger charge is 2.55. The second kappa shape index (κ2) is 18.9. The Morgan fingerprint density at radius 1 is 0.875 bits per heavy atom. The molecule has 18 atom stereocenters. The van der Waals surface area contributed by atoms with Gasteiger partial charge in [0.15, 0.2) is 12.6 Å². The Balaban J connectivity index is 2.23.